The lowest BCUT2D eigenvalue weighted by atomic mass is 9.67. The monoisotopic (exact) mass is 492 g/mol. The van der Waals surface area contributed by atoms with Crippen LogP contribution in [-0.4, -0.2) is 11.3 Å². The highest BCUT2D eigenvalue weighted by Crippen LogP contribution is 2.57. The van der Waals surface area contributed by atoms with Crippen molar-refractivity contribution in [2.45, 2.75) is 129 Å². The zero-order valence-corrected chi connectivity index (χ0v) is 24.6. The SMILES string of the molecule is CC(C)C1=CC(C(C)C)C(c2ccccc2P(C2CCCCCC2)C2CCCCC2)C(C(C)C)=C1. The lowest BCUT2D eigenvalue weighted by molar-refractivity contribution is 0.392. The van der Waals surface area contributed by atoms with Crippen molar-refractivity contribution >= 4 is 13.2 Å². The van der Waals surface area contributed by atoms with E-state index >= 15 is 0 Å². The Balaban J connectivity index is 1.82. The molecule has 3 aliphatic carbocycles. The molecule has 0 saturated heterocycles. The molecular formula is C34H53P. The molecule has 1 aromatic rings. The van der Waals surface area contributed by atoms with Gasteiger partial charge in [0, 0.05) is 5.92 Å². The lowest BCUT2D eigenvalue weighted by Gasteiger charge is -2.42. The van der Waals surface area contributed by atoms with E-state index in [1.165, 1.54) is 70.6 Å². The molecule has 0 N–H and O–H groups in total. The third kappa shape index (κ3) is 6.35. The molecule has 0 bridgehead atoms. The van der Waals surface area contributed by atoms with E-state index in [2.05, 4.69) is 78.0 Å². The maximum atomic E-state index is 2.68. The normalized spacial score (nSPS) is 26.1. The van der Waals surface area contributed by atoms with Crippen molar-refractivity contribution in [3.8, 4) is 0 Å². The van der Waals surface area contributed by atoms with E-state index in [9.17, 15) is 0 Å². The molecule has 0 heterocycles. The molecule has 1 aromatic carbocycles. The van der Waals surface area contributed by atoms with Crippen molar-refractivity contribution in [2.75, 3.05) is 0 Å². The van der Waals surface area contributed by atoms with Gasteiger partial charge in [-0.2, -0.15) is 0 Å². The van der Waals surface area contributed by atoms with Crippen LogP contribution >= 0.6 is 7.92 Å². The van der Waals surface area contributed by atoms with Gasteiger partial charge >= 0.3 is 0 Å². The summed E-state index contributed by atoms with van der Waals surface area (Å²) in [5.74, 6) is 3.01. The van der Waals surface area contributed by atoms with Gasteiger partial charge in [-0.3, -0.25) is 0 Å². The smallest absolute Gasteiger partial charge is 0.0126 e. The van der Waals surface area contributed by atoms with Gasteiger partial charge in [-0.05, 0) is 77.1 Å². The van der Waals surface area contributed by atoms with Crippen LogP contribution in [0.15, 0.2) is 47.6 Å². The van der Waals surface area contributed by atoms with Crippen LogP contribution in [0.25, 0.3) is 0 Å². The van der Waals surface area contributed by atoms with Crippen LogP contribution in [0.5, 0.6) is 0 Å². The number of allylic oxidation sites excluding steroid dienone is 4. The van der Waals surface area contributed by atoms with E-state index < -0.39 is 0 Å². The first-order chi connectivity index (χ1) is 16.9. The Morgan fingerprint density at radius 3 is 1.74 bits per heavy atom. The average molecular weight is 493 g/mol. The zero-order chi connectivity index (χ0) is 24.9. The number of rotatable bonds is 7. The highest BCUT2D eigenvalue weighted by Gasteiger charge is 2.38. The topological polar surface area (TPSA) is 0 Å². The predicted molar refractivity (Wildman–Crippen MR) is 158 cm³/mol. The number of hydrogen-bond acceptors (Lipinski definition) is 0. The first kappa shape index (κ1) is 27.2. The van der Waals surface area contributed by atoms with Gasteiger partial charge in [0.2, 0.25) is 0 Å². The Labute approximate surface area is 219 Å². The minimum Gasteiger partial charge on any atom is -0.0767 e. The van der Waals surface area contributed by atoms with Crippen LogP contribution in [0, 0.1) is 23.7 Å². The summed E-state index contributed by atoms with van der Waals surface area (Å²) in [6.45, 7) is 14.6. The molecule has 0 amide bonds. The minimum atomic E-state index is -0.103. The van der Waals surface area contributed by atoms with E-state index in [-0.39, 0.29) is 7.92 Å². The second-order valence-electron chi connectivity index (χ2n) is 12.8. The lowest BCUT2D eigenvalue weighted by Crippen LogP contribution is -2.32. The van der Waals surface area contributed by atoms with Gasteiger partial charge in [-0.25, -0.2) is 0 Å². The molecule has 194 valence electrons. The van der Waals surface area contributed by atoms with E-state index in [1.807, 2.05) is 5.30 Å². The van der Waals surface area contributed by atoms with E-state index in [0.717, 1.165) is 11.3 Å². The second-order valence-corrected chi connectivity index (χ2v) is 15.6. The van der Waals surface area contributed by atoms with Crippen LogP contribution in [0.3, 0.4) is 0 Å². The van der Waals surface area contributed by atoms with Crippen molar-refractivity contribution in [3.05, 3.63) is 53.1 Å². The molecule has 1 heteroatoms. The molecule has 3 atom stereocenters. The molecule has 0 nitrogen and oxygen atoms in total. The Bertz CT molecular complexity index is 858. The Morgan fingerprint density at radius 1 is 0.686 bits per heavy atom. The van der Waals surface area contributed by atoms with E-state index in [4.69, 9.17) is 0 Å². The van der Waals surface area contributed by atoms with Gasteiger partial charge < -0.3 is 0 Å². The predicted octanol–water partition coefficient (Wildman–Crippen LogP) is 10.4. The zero-order valence-electron chi connectivity index (χ0n) is 23.7. The van der Waals surface area contributed by atoms with Gasteiger partial charge in [-0.1, -0.05) is 136 Å². The van der Waals surface area contributed by atoms with Gasteiger partial charge in [0.1, 0.15) is 0 Å². The van der Waals surface area contributed by atoms with Gasteiger partial charge in [0.25, 0.3) is 0 Å². The second kappa shape index (κ2) is 12.6. The quantitative estimate of drug-likeness (QED) is 0.262. The fourth-order valence-electron chi connectivity index (χ4n) is 7.29. The summed E-state index contributed by atoms with van der Waals surface area (Å²) in [4.78, 5) is 0. The van der Waals surface area contributed by atoms with Crippen LogP contribution in [-0.2, 0) is 0 Å². The van der Waals surface area contributed by atoms with Crippen LogP contribution in [0.1, 0.15) is 124 Å². The molecule has 35 heavy (non-hydrogen) atoms. The van der Waals surface area contributed by atoms with Gasteiger partial charge in [0.05, 0.1) is 0 Å². The van der Waals surface area contributed by atoms with Crippen molar-refractivity contribution in [1.82, 2.24) is 0 Å². The summed E-state index contributed by atoms with van der Waals surface area (Å²) < 4.78 is 0. The number of hydrogen-bond donors (Lipinski definition) is 0. The fourth-order valence-corrected chi connectivity index (χ4v) is 11.3. The van der Waals surface area contributed by atoms with E-state index in [0.29, 0.717) is 29.6 Å². The molecular weight excluding hydrogens is 439 g/mol. The molecule has 3 aliphatic rings. The van der Waals surface area contributed by atoms with Crippen molar-refractivity contribution in [1.29, 1.82) is 0 Å². The molecule has 2 fully saturated rings. The first-order valence-corrected chi connectivity index (χ1v) is 16.7. The Morgan fingerprint density at radius 2 is 1.23 bits per heavy atom. The van der Waals surface area contributed by atoms with Crippen molar-refractivity contribution < 1.29 is 0 Å². The average Bonchev–Trinajstić information content (AvgIpc) is 3.14. The summed E-state index contributed by atoms with van der Waals surface area (Å²) >= 11 is 0. The largest absolute Gasteiger partial charge is 0.0767 e. The molecule has 0 aromatic heterocycles. The summed E-state index contributed by atoms with van der Waals surface area (Å²) in [5.41, 5.74) is 6.89. The summed E-state index contributed by atoms with van der Waals surface area (Å²) in [6.07, 6.45) is 21.5. The molecule has 4 rings (SSSR count). The van der Waals surface area contributed by atoms with Crippen molar-refractivity contribution in [3.63, 3.8) is 0 Å². The molecule has 0 aliphatic heterocycles. The molecule has 2 saturated carbocycles. The van der Waals surface area contributed by atoms with E-state index in [1.54, 1.807) is 16.7 Å². The van der Waals surface area contributed by atoms with Crippen molar-refractivity contribution in [2.24, 2.45) is 23.7 Å². The molecule has 3 unspecified atom stereocenters. The Kier molecular flexibility index (Phi) is 9.77. The first-order valence-electron chi connectivity index (χ1n) is 15.2. The minimum absolute atomic E-state index is 0.103. The Hall–Kier alpha value is -0.870. The fraction of sp³-hybridized carbons (Fsp3) is 0.706. The maximum Gasteiger partial charge on any atom is 0.0126 e. The highest BCUT2D eigenvalue weighted by molar-refractivity contribution is 7.67. The summed E-state index contributed by atoms with van der Waals surface area (Å²) in [7, 11) is -0.103. The van der Waals surface area contributed by atoms with Crippen LogP contribution in [0.4, 0.5) is 0 Å². The standard InChI is InChI=1S/C34H53P/c1-24(2)27-22-31(25(3)4)34(32(23-27)26(5)6)30-20-14-15-21-33(30)35(29-18-12-9-13-19-29)28-16-10-7-8-11-17-28/h14-15,20-26,28-29,31,34H,7-13,16-19H2,1-6H3. The van der Waals surface area contributed by atoms with Crippen LogP contribution in [0.2, 0.25) is 0 Å². The third-order valence-electron chi connectivity index (χ3n) is 9.30. The van der Waals surface area contributed by atoms with Crippen LogP contribution < -0.4 is 5.30 Å². The summed E-state index contributed by atoms with van der Waals surface area (Å²) in [5, 5.41) is 1.81. The van der Waals surface area contributed by atoms with Gasteiger partial charge in [-0.15, -0.1) is 0 Å². The maximum absolute atomic E-state index is 2.68. The third-order valence-corrected chi connectivity index (χ3v) is 12.9. The highest BCUT2D eigenvalue weighted by atomic mass is 31.1. The molecule has 0 spiro atoms. The summed E-state index contributed by atoms with van der Waals surface area (Å²) in [6, 6.07) is 9.92. The van der Waals surface area contributed by atoms with Gasteiger partial charge in [0.15, 0.2) is 0 Å². The molecule has 0 radical (unpaired) electrons. The number of benzene rings is 1.